The van der Waals surface area contributed by atoms with Gasteiger partial charge in [-0.2, -0.15) is 0 Å². The summed E-state index contributed by atoms with van der Waals surface area (Å²) in [5, 5.41) is 0. The molecule has 0 heterocycles. The summed E-state index contributed by atoms with van der Waals surface area (Å²) in [7, 11) is 0. The van der Waals surface area contributed by atoms with E-state index < -0.39 is 0 Å². The number of ketones is 1. The number of hydrogen-bond acceptors (Lipinski definition) is 1. The lowest BCUT2D eigenvalue weighted by Crippen LogP contribution is -2.06. The Kier molecular flexibility index (Phi) is 2.59. The van der Waals surface area contributed by atoms with Gasteiger partial charge >= 0.3 is 0 Å². The summed E-state index contributed by atoms with van der Waals surface area (Å²) in [4.78, 5) is 10.6. The number of hydrogen-bond donors (Lipinski definition) is 0. The zero-order chi connectivity index (χ0) is 9.80. The minimum absolute atomic E-state index is 0.258. The number of benzene rings is 1. The number of carbonyl (C=O) groups excluding carboxylic acids is 1. The lowest BCUT2D eigenvalue weighted by Gasteiger charge is -2.09. The topological polar surface area (TPSA) is 17.1 Å². The van der Waals surface area contributed by atoms with Crippen LogP contribution in [-0.2, 0) is 4.79 Å². The predicted octanol–water partition coefficient (Wildman–Crippen LogP) is 2.99. The van der Waals surface area contributed by atoms with E-state index in [1.54, 1.807) is 6.08 Å². The van der Waals surface area contributed by atoms with Gasteiger partial charge in [0.05, 0.1) is 0 Å². The molecule has 0 radical (unpaired) electrons. The van der Waals surface area contributed by atoms with Crippen LogP contribution in [0, 0.1) is 0 Å². The molecule has 0 N–H and O–H groups in total. The standard InChI is InChI=1S/C13H12O/c14-13-9-12(10-13)8-4-7-11-5-2-1-3-6-11/h1-7,9H,8,10H2/b7-4+. The third-order valence-electron chi connectivity index (χ3n) is 2.26. The highest BCUT2D eigenvalue weighted by atomic mass is 16.1. The molecule has 1 aromatic carbocycles. The Balaban J connectivity index is 1.89. The Morgan fingerprint density at radius 3 is 2.57 bits per heavy atom. The van der Waals surface area contributed by atoms with Gasteiger partial charge in [-0.1, -0.05) is 48.1 Å². The molecule has 0 bridgehead atoms. The minimum atomic E-state index is 0.258. The summed E-state index contributed by atoms with van der Waals surface area (Å²) in [5.41, 5.74) is 2.45. The minimum Gasteiger partial charge on any atom is -0.295 e. The van der Waals surface area contributed by atoms with Crippen LogP contribution in [0.25, 0.3) is 6.08 Å². The van der Waals surface area contributed by atoms with Gasteiger partial charge in [0.15, 0.2) is 5.78 Å². The van der Waals surface area contributed by atoms with Crippen molar-refractivity contribution in [2.75, 3.05) is 0 Å². The summed E-state index contributed by atoms with van der Waals surface area (Å²) < 4.78 is 0. The normalized spacial score (nSPS) is 15.4. The second-order valence-corrected chi connectivity index (χ2v) is 3.46. The van der Waals surface area contributed by atoms with E-state index in [0.29, 0.717) is 6.42 Å². The lowest BCUT2D eigenvalue weighted by atomic mass is 9.94. The number of rotatable bonds is 3. The SMILES string of the molecule is O=C1C=C(C/C=C/c2ccccc2)C1. The Bertz CT molecular complexity index is 385. The fourth-order valence-corrected chi connectivity index (χ4v) is 1.46. The second kappa shape index (κ2) is 4.05. The molecule has 1 aliphatic carbocycles. The highest BCUT2D eigenvalue weighted by Gasteiger charge is 2.12. The second-order valence-electron chi connectivity index (χ2n) is 3.46. The first kappa shape index (κ1) is 8.95. The van der Waals surface area contributed by atoms with Gasteiger partial charge in [-0.25, -0.2) is 0 Å². The Hall–Kier alpha value is -1.63. The van der Waals surface area contributed by atoms with Gasteiger partial charge in [-0.3, -0.25) is 4.79 Å². The molecule has 70 valence electrons. The molecule has 0 amide bonds. The van der Waals surface area contributed by atoms with Crippen LogP contribution in [-0.4, -0.2) is 5.78 Å². The van der Waals surface area contributed by atoms with Crippen molar-refractivity contribution in [2.24, 2.45) is 0 Å². The molecule has 0 aliphatic heterocycles. The highest BCUT2D eigenvalue weighted by Crippen LogP contribution is 2.18. The zero-order valence-electron chi connectivity index (χ0n) is 7.94. The molecule has 1 aliphatic rings. The third kappa shape index (κ3) is 2.19. The lowest BCUT2D eigenvalue weighted by molar-refractivity contribution is -0.115. The van der Waals surface area contributed by atoms with E-state index >= 15 is 0 Å². The molecule has 14 heavy (non-hydrogen) atoms. The maximum atomic E-state index is 10.6. The fraction of sp³-hybridized carbons (Fsp3) is 0.154. The van der Waals surface area contributed by atoms with Gasteiger partial charge in [-0.05, 0) is 18.1 Å². The van der Waals surface area contributed by atoms with Crippen molar-refractivity contribution in [1.82, 2.24) is 0 Å². The van der Waals surface area contributed by atoms with Gasteiger partial charge < -0.3 is 0 Å². The van der Waals surface area contributed by atoms with Crippen LogP contribution in [0.1, 0.15) is 18.4 Å². The molecule has 0 atom stereocenters. The summed E-state index contributed by atoms with van der Waals surface area (Å²) in [6.07, 6.45) is 7.48. The summed E-state index contributed by atoms with van der Waals surface area (Å²) in [6, 6.07) is 10.2. The average molecular weight is 184 g/mol. The zero-order valence-corrected chi connectivity index (χ0v) is 7.94. The molecule has 1 heteroatoms. The van der Waals surface area contributed by atoms with E-state index in [4.69, 9.17) is 0 Å². The molecule has 0 aromatic heterocycles. The molecule has 0 spiro atoms. The van der Waals surface area contributed by atoms with Crippen LogP contribution in [0.4, 0.5) is 0 Å². The van der Waals surface area contributed by atoms with Crippen LogP contribution in [0.2, 0.25) is 0 Å². The van der Waals surface area contributed by atoms with Crippen LogP contribution in [0.15, 0.2) is 48.1 Å². The molecule has 2 rings (SSSR count). The van der Waals surface area contributed by atoms with E-state index in [2.05, 4.69) is 24.3 Å². The molecular weight excluding hydrogens is 172 g/mol. The van der Waals surface area contributed by atoms with Crippen LogP contribution >= 0.6 is 0 Å². The van der Waals surface area contributed by atoms with Crippen molar-refractivity contribution in [3.05, 3.63) is 53.6 Å². The molecule has 0 saturated heterocycles. The van der Waals surface area contributed by atoms with E-state index in [9.17, 15) is 4.79 Å². The molecule has 0 saturated carbocycles. The smallest absolute Gasteiger partial charge is 0.159 e. The van der Waals surface area contributed by atoms with E-state index in [-0.39, 0.29) is 5.78 Å². The van der Waals surface area contributed by atoms with E-state index in [1.165, 1.54) is 11.1 Å². The van der Waals surface area contributed by atoms with Crippen molar-refractivity contribution < 1.29 is 4.79 Å². The molecule has 0 unspecified atom stereocenters. The summed E-state index contributed by atoms with van der Waals surface area (Å²) >= 11 is 0. The van der Waals surface area contributed by atoms with Crippen molar-refractivity contribution >= 4 is 11.9 Å². The van der Waals surface area contributed by atoms with Crippen LogP contribution < -0.4 is 0 Å². The van der Waals surface area contributed by atoms with Crippen molar-refractivity contribution in [3.63, 3.8) is 0 Å². The largest absolute Gasteiger partial charge is 0.295 e. The first-order valence-electron chi connectivity index (χ1n) is 4.78. The average Bonchev–Trinajstić information content (AvgIpc) is 2.17. The maximum absolute atomic E-state index is 10.6. The predicted molar refractivity (Wildman–Crippen MR) is 57.8 cm³/mol. The number of allylic oxidation sites excluding steroid dienone is 3. The fourth-order valence-electron chi connectivity index (χ4n) is 1.46. The maximum Gasteiger partial charge on any atom is 0.159 e. The van der Waals surface area contributed by atoms with Gasteiger partial charge in [0, 0.05) is 6.42 Å². The third-order valence-corrected chi connectivity index (χ3v) is 2.26. The van der Waals surface area contributed by atoms with Crippen molar-refractivity contribution in [3.8, 4) is 0 Å². The van der Waals surface area contributed by atoms with Crippen LogP contribution in [0.5, 0.6) is 0 Å². The summed E-state index contributed by atoms with van der Waals surface area (Å²) in [6.45, 7) is 0. The molecule has 1 aromatic rings. The molecule has 0 fully saturated rings. The van der Waals surface area contributed by atoms with Gasteiger partial charge in [0.2, 0.25) is 0 Å². The number of carbonyl (C=O) groups is 1. The molecule has 1 nitrogen and oxygen atoms in total. The quantitative estimate of drug-likeness (QED) is 0.705. The monoisotopic (exact) mass is 184 g/mol. The van der Waals surface area contributed by atoms with Crippen molar-refractivity contribution in [1.29, 1.82) is 0 Å². The summed E-state index contributed by atoms with van der Waals surface area (Å²) in [5.74, 6) is 0.258. The van der Waals surface area contributed by atoms with E-state index in [0.717, 1.165) is 6.42 Å². The molecular formula is C13H12O. The Labute approximate surface area is 83.8 Å². The first-order chi connectivity index (χ1) is 6.84. The first-order valence-corrected chi connectivity index (χ1v) is 4.78. The van der Waals surface area contributed by atoms with Crippen molar-refractivity contribution in [2.45, 2.75) is 12.8 Å². The van der Waals surface area contributed by atoms with Gasteiger partial charge in [0.1, 0.15) is 0 Å². The van der Waals surface area contributed by atoms with Gasteiger partial charge in [-0.15, -0.1) is 0 Å². The van der Waals surface area contributed by atoms with Crippen LogP contribution in [0.3, 0.4) is 0 Å². The Morgan fingerprint density at radius 1 is 1.21 bits per heavy atom. The highest BCUT2D eigenvalue weighted by molar-refractivity contribution is 5.98. The van der Waals surface area contributed by atoms with E-state index in [1.807, 2.05) is 18.2 Å². The Morgan fingerprint density at radius 2 is 1.93 bits per heavy atom. The van der Waals surface area contributed by atoms with Gasteiger partial charge in [0.25, 0.3) is 0 Å².